The van der Waals surface area contributed by atoms with Gasteiger partial charge >= 0.3 is 5.97 Å². The van der Waals surface area contributed by atoms with Crippen LogP contribution in [0.4, 0.5) is 11.4 Å². The summed E-state index contributed by atoms with van der Waals surface area (Å²) in [5, 5.41) is 9.22. The molecular formula is C35H34N2O2S3. The number of nitrogens with zero attached hydrogens (tertiary/aromatic N) is 2. The molecule has 0 bridgehead atoms. The number of carboxylic acids is 1. The number of carbonyl (C=O) groups is 1. The third-order valence-corrected chi connectivity index (χ3v) is 11.8. The Bertz CT molecular complexity index is 1800. The lowest BCUT2D eigenvalue weighted by atomic mass is 9.97. The van der Waals surface area contributed by atoms with Gasteiger partial charge < -0.3 is 10.0 Å². The molecule has 0 fully saturated rings. The van der Waals surface area contributed by atoms with Gasteiger partial charge in [0.15, 0.2) is 0 Å². The standard InChI is InChI=1S/C35H34N2O2S3/c1-3-4-5-6-7-8-10-23-12-15-26(16-13-23)37-18-9-11-24-19-25(14-17-29(24)37)30-22-32-34(42-30)33-31(41-32)21-27(40-33)20-28(36-2)35(38)39/h12-17,19-22H,3-11,18H2,1H3,(H,38,39). The van der Waals surface area contributed by atoms with E-state index in [4.69, 9.17) is 6.57 Å². The van der Waals surface area contributed by atoms with Crippen molar-refractivity contribution in [1.82, 2.24) is 0 Å². The molecule has 0 atom stereocenters. The summed E-state index contributed by atoms with van der Waals surface area (Å²) in [6, 6.07) is 20.5. The van der Waals surface area contributed by atoms with Gasteiger partial charge in [0.2, 0.25) is 0 Å². The monoisotopic (exact) mass is 610 g/mol. The first kappa shape index (κ1) is 28.7. The minimum atomic E-state index is -1.18. The Hall–Kier alpha value is -3.44. The Kier molecular flexibility index (Phi) is 8.76. The van der Waals surface area contributed by atoms with E-state index >= 15 is 0 Å². The van der Waals surface area contributed by atoms with E-state index in [1.54, 1.807) is 34.0 Å². The van der Waals surface area contributed by atoms with Crippen LogP contribution in [0.15, 0.2) is 60.3 Å². The number of unbranched alkanes of at least 4 members (excludes halogenated alkanes) is 5. The van der Waals surface area contributed by atoms with Gasteiger partial charge in [-0.3, -0.25) is 4.79 Å². The Morgan fingerprint density at radius 3 is 2.50 bits per heavy atom. The first-order valence-electron chi connectivity index (χ1n) is 14.8. The molecule has 0 unspecified atom stereocenters. The Balaban J connectivity index is 1.19. The number of benzene rings is 2. The zero-order chi connectivity index (χ0) is 29.1. The van der Waals surface area contributed by atoms with Gasteiger partial charge in [-0.1, -0.05) is 57.2 Å². The highest BCUT2D eigenvalue weighted by molar-refractivity contribution is 7.39. The number of rotatable bonds is 11. The van der Waals surface area contributed by atoms with E-state index in [0.717, 1.165) is 29.0 Å². The minimum absolute atomic E-state index is 0.251. The molecule has 6 rings (SSSR count). The van der Waals surface area contributed by atoms with Crippen LogP contribution in [-0.4, -0.2) is 17.6 Å². The van der Waals surface area contributed by atoms with Crippen LogP contribution in [0.5, 0.6) is 0 Å². The molecule has 0 amide bonds. The van der Waals surface area contributed by atoms with E-state index in [0.29, 0.717) is 0 Å². The van der Waals surface area contributed by atoms with E-state index in [1.165, 1.54) is 98.1 Å². The summed E-state index contributed by atoms with van der Waals surface area (Å²) in [4.78, 5) is 19.0. The van der Waals surface area contributed by atoms with Gasteiger partial charge in [-0.15, -0.1) is 34.0 Å². The van der Waals surface area contributed by atoms with Crippen molar-refractivity contribution in [2.75, 3.05) is 11.4 Å². The fourth-order valence-electron chi connectivity index (χ4n) is 5.81. The van der Waals surface area contributed by atoms with Crippen molar-refractivity contribution in [3.8, 4) is 10.4 Å². The average Bonchev–Trinajstić information content (AvgIpc) is 3.68. The summed E-state index contributed by atoms with van der Waals surface area (Å²) in [7, 11) is 0. The van der Waals surface area contributed by atoms with Crippen molar-refractivity contribution in [1.29, 1.82) is 0 Å². The number of thiophene rings is 3. The normalized spacial score (nSPS) is 13.5. The number of carboxylic acid groups (broad SMARTS) is 1. The number of fused-ring (bicyclic) bond motifs is 4. The van der Waals surface area contributed by atoms with Gasteiger partial charge in [0.05, 0.1) is 16.0 Å². The van der Waals surface area contributed by atoms with Crippen molar-refractivity contribution in [3.63, 3.8) is 0 Å². The Morgan fingerprint density at radius 2 is 1.71 bits per heavy atom. The van der Waals surface area contributed by atoms with Crippen molar-refractivity contribution >= 4 is 76.2 Å². The molecule has 4 heterocycles. The molecular weight excluding hydrogens is 577 g/mol. The molecule has 42 heavy (non-hydrogen) atoms. The van der Waals surface area contributed by atoms with Gasteiger partial charge in [-0.05, 0) is 84.8 Å². The van der Waals surface area contributed by atoms with E-state index in [9.17, 15) is 9.90 Å². The fourth-order valence-corrected chi connectivity index (χ4v) is 9.78. The SMILES string of the molecule is [C-]#[N+]C(=Cc1cc2sc3cc(-c4ccc5c(c4)CCCN5c4ccc(CCCCCCCC)cc4)sc3c2s1)C(=O)O. The van der Waals surface area contributed by atoms with E-state index < -0.39 is 5.97 Å². The first-order chi connectivity index (χ1) is 20.5. The zero-order valence-electron chi connectivity index (χ0n) is 23.8. The number of hydrogen-bond donors (Lipinski definition) is 1. The van der Waals surface area contributed by atoms with Crippen LogP contribution in [0.1, 0.15) is 67.9 Å². The summed E-state index contributed by atoms with van der Waals surface area (Å²) in [6.45, 7) is 10.4. The van der Waals surface area contributed by atoms with Crippen LogP contribution in [-0.2, 0) is 17.6 Å². The number of anilines is 2. The van der Waals surface area contributed by atoms with Gasteiger partial charge in [0.1, 0.15) is 0 Å². The predicted molar refractivity (Wildman–Crippen MR) is 182 cm³/mol. The van der Waals surface area contributed by atoms with Gasteiger partial charge in [0, 0.05) is 37.1 Å². The second kappa shape index (κ2) is 12.8. The van der Waals surface area contributed by atoms with Crippen LogP contribution in [0, 0.1) is 6.57 Å². The zero-order valence-corrected chi connectivity index (χ0v) is 26.3. The molecule has 1 N–H and O–H groups in total. The molecule has 0 aliphatic carbocycles. The third kappa shape index (κ3) is 6.03. The van der Waals surface area contributed by atoms with E-state index in [2.05, 4.69) is 65.2 Å². The number of hydrogen-bond acceptors (Lipinski definition) is 5. The Labute approximate surface area is 259 Å². The van der Waals surface area contributed by atoms with E-state index in [1.807, 2.05) is 6.07 Å². The summed E-state index contributed by atoms with van der Waals surface area (Å²) in [5.41, 5.74) is 6.44. The van der Waals surface area contributed by atoms with Crippen LogP contribution in [0.2, 0.25) is 0 Å². The van der Waals surface area contributed by atoms with Gasteiger partial charge in [-0.2, -0.15) is 0 Å². The molecule has 2 aromatic carbocycles. The molecule has 0 saturated heterocycles. The van der Waals surface area contributed by atoms with Gasteiger partial charge in [-0.25, -0.2) is 4.85 Å². The summed E-state index contributed by atoms with van der Waals surface area (Å²) in [6.07, 6.45) is 12.9. The van der Waals surface area contributed by atoms with Gasteiger partial charge in [0.25, 0.3) is 5.70 Å². The maximum atomic E-state index is 11.3. The van der Waals surface area contributed by atoms with Crippen LogP contribution < -0.4 is 4.90 Å². The smallest absolute Gasteiger partial charge is 0.333 e. The lowest BCUT2D eigenvalue weighted by Gasteiger charge is -2.32. The largest absolute Gasteiger partial charge is 0.486 e. The molecule has 214 valence electrons. The predicted octanol–water partition coefficient (Wildman–Crippen LogP) is 11.2. The molecule has 0 saturated carbocycles. The van der Waals surface area contributed by atoms with Crippen LogP contribution in [0.3, 0.4) is 0 Å². The van der Waals surface area contributed by atoms with Crippen LogP contribution in [0.25, 0.3) is 40.2 Å². The highest BCUT2D eigenvalue weighted by atomic mass is 32.1. The maximum Gasteiger partial charge on any atom is 0.333 e. The molecule has 5 aromatic rings. The Morgan fingerprint density at radius 1 is 0.952 bits per heavy atom. The van der Waals surface area contributed by atoms with Crippen LogP contribution >= 0.6 is 34.0 Å². The molecule has 4 nitrogen and oxygen atoms in total. The van der Waals surface area contributed by atoms with Crippen molar-refractivity contribution < 1.29 is 9.90 Å². The third-order valence-electron chi connectivity index (χ3n) is 8.01. The minimum Gasteiger partial charge on any atom is -0.486 e. The molecule has 1 aliphatic heterocycles. The molecule has 7 heteroatoms. The molecule has 0 radical (unpaired) electrons. The van der Waals surface area contributed by atoms with Crippen molar-refractivity contribution in [2.24, 2.45) is 0 Å². The molecule has 0 spiro atoms. The maximum absolute atomic E-state index is 11.3. The fraction of sp³-hybridized carbons (Fsp3) is 0.314. The van der Waals surface area contributed by atoms with Crippen molar-refractivity contribution in [3.05, 3.63) is 87.7 Å². The second-order valence-corrected chi connectivity index (χ2v) is 14.2. The second-order valence-electron chi connectivity index (χ2n) is 11.0. The summed E-state index contributed by atoms with van der Waals surface area (Å²) >= 11 is 5.10. The number of aliphatic carboxylic acids is 1. The summed E-state index contributed by atoms with van der Waals surface area (Å²) < 4.78 is 4.83. The van der Waals surface area contributed by atoms with E-state index in [-0.39, 0.29) is 5.70 Å². The lowest BCUT2D eigenvalue weighted by molar-refractivity contribution is -0.132. The number of aryl methyl sites for hydroxylation is 2. The highest BCUT2D eigenvalue weighted by Gasteiger charge is 2.20. The summed E-state index contributed by atoms with van der Waals surface area (Å²) in [5.74, 6) is -1.18. The highest BCUT2D eigenvalue weighted by Crippen LogP contribution is 2.47. The molecule has 1 aliphatic rings. The first-order valence-corrected chi connectivity index (χ1v) is 17.3. The topological polar surface area (TPSA) is 44.9 Å². The quantitative estimate of drug-likeness (QED) is 0.0919. The molecule has 3 aromatic heterocycles. The average molecular weight is 611 g/mol. The lowest BCUT2D eigenvalue weighted by Crippen LogP contribution is -2.24. The van der Waals surface area contributed by atoms with Crippen molar-refractivity contribution in [2.45, 2.75) is 64.7 Å².